The van der Waals surface area contributed by atoms with Crippen molar-refractivity contribution in [1.29, 1.82) is 0 Å². The summed E-state index contributed by atoms with van der Waals surface area (Å²) in [5.41, 5.74) is 3.66. The van der Waals surface area contributed by atoms with Gasteiger partial charge < -0.3 is 9.73 Å². The van der Waals surface area contributed by atoms with Crippen molar-refractivity contribution >= 4 is 51.7 Å². The van der Waals surface area contributed by atoms with Gasteiger partial charge in [0, 0.05) is 22.0 Å². The minimum atomic E-state index is -0.0801. The van der Waals surface area contributed by atoms with Gasteiger partial charge in [-0.1, -0.05) is 53.5 Å². The molecule has 1 N–H and O–H groups in total. The second-order valence-corrected chi connectivity index (χ2v) is 10.1. The Labute approximate surface area is 212 Å². The lowest BCUT2D eigenvalue weighted by molar-refractivity contribution is 0.0951. The van der Waals surface area contributed by atoms with E-state index in [2.05, 4.69) is 10.3 Å². The van der Waals surface area contributed by atoms with E-state index in [0.717, 1.165) is 47.4 Å². The molecular weight excluding hydrogens is 487 g/mol. The number of nitrogens with one attached hydrogen (secondary N) is 1. The quantitative estimate of drug-likeness (QED) is 0.269. The summed E-state index contributed by atoms with van der Waals surface area (Å²) in [7, 11) is 0. The molecule has 172 valence electrons. The third-order valence-corrected chi connectivity index (χ3v) is 7.56. The molecule has 2 heterocycles. The van der Waals surface area contributed by atoms with Gasteiger partial charge in [-0.15, -0.1) is 11.3 Å². The lowest BCUT2D eigenvalue weighted by atomic mass is 9.95. The van der Waals surface area contributed by atoms with Crippen molar-refractivity contribution < 1.29 is 9.21 Å². The number of halogens is 2. The lowest BCUT2D eigenvalue weighted by Crippen LogP contribution is -2.24. The summed E-state index contributed by atoms with van der Waals surface area (Å²) >= 11 is 13.9. The maximum Gasteiger partial charge on any atom is 0.254 e. The van der Waals surface area contributed by atoms with Crippen LogP contribution in [0.1, 0.15) is 45.0 Å². The van der Waals surface area contributed by atoms with E-state index in [1.807, 2.05) is 48.5 Å². The summed E-state index contributed by atoms with van der Waals surface area (Å²) in [5.74, 6) is 1.14. The molecule has 0 saturated carbocycles. The van der Waals surface area contributed by atoms with Crippen LogP contribution in [0.2, 0.25) is 10.0 Å². The van der Waals surface area contributed by atoms with Crippen LogP contribution in [-0.4, -0.2) is 12.1 Å². The maximum absolute atomic E-state index is 13.2. The minimum Gasteiger partial charge on any atom is -0.455 e. The number of benzene rings is 2. The summed E-state index contributed by atoms with van der Waals surface area (Å²) in [6.07, 6.45) is 5.81. The molecule has 0 unspecified atom stereocenters. The Kier molecular flexibility index (Phi) is 6.86. The number of aliphatic imine (C=N–C) groups is 1. The molecule has 2 aromatic carbocycles. The molecule has 0 radical (unpaired) electrons. The zero-order valence-corrected chi connectivity index (χ0v) is 20.6. The summed E-state index contributed by atoms with van der Waals surface area (Å²) < 4.78 is 5.95. The molecule has 2 aromatic heterocycles. The third kappa shape index (κ3) is 4.97. The van der Waals surface area contributed by atoms with E-state index >= 15 is 0 Å². The number of hydrogen-bond acceptors (Lipinski definition) is 4. The van der Waals surface area contributed by atoms with E-state index < -0.39 is 0 Å². The van der Waals surface area contributed by atoms with Crippen LogP contribution in [0, 0.1) is 0 Å². The largest absolute Gasteiger partial charge is 0.455 e. The molecule has 1 aliphatic rings. The number of carbonyl (C=O) groups is 1. The molecule has 4 aromatic rings. The number of aryl methyl sites for hydroxylation is 1. The van der Waals surface area contributed by atoms with Crippen molar-refractivity contribution in [2.45, 2.75) is 32.2 Å². The van der Waals surface area contributed by atoms with Gasteiger partial charge >= 0.3 is 0 Å². The first-order valence-electron chi connectivity index (χ1n) is 11.1. The van der Waals surface area contributed by atoms with Gasteiger partial charge in [0.1, 0.15) is 16.5 Å². The van der Waals surface area contributed by atoms with E-state index in [0.29, 0.717) is 33.7 Å². The molecule has 1 amide bonds. The highest BCUT2D eigenvalue weighted by Crippen LogP contribution is 2.40. The van der Waals surface area contributed by atoms with E-state index in [4.69, 9.17) is 27.6 Å². The van der Waals surface area contributed by atoms with Gasteiger partial charge in [-0.05, 0) is 67.1 Å². The van der Waals surface area contributed by atoms with Crippen molar-refractivity contribution in [3.05, 3.63) is 98.0 Å². The highest BCUT2D eigenvalue weighted by atomic mass is 35.5. The van der Waals surface area contributed by atoms with E-state index in [-0.39, 0.29) is 5.91 Å². The fraction of sp³-hybridized carbons (Fsp3) is 0.185. The zero-order chi connectivity index (χ0) is 23.5. The van der Waals surface area contributed by atoms with Crippen LogP contribution in [0.3, 0.4) is 0 Å². The van der Waals surface area contributed by atoms with Gasteiger partial charge in [0.2, 0.25) is 0 Å². The summed E-state index contributed by atoms with van der Waals surface area (Å²) in [6.45, 7) is 0.483. The third-order valence-electron chi connectivity index (χ3n) is 5.81. The normalized spacial score (nSPS) is 13.2. The Bertz CT molecular complexity index is 1360. The highest BCUT2D eigenvalue weighted by molar-refractivity contribution is 7.16. The SMILES string of the molecule is O=C(NCc1ccccc1)c1c(/N=C\c2ccc(-c3ccc(Cl)cc3Cl)o2)sc2c1CCCC2. The molecule has 0 spiro atoms. The molecule has 0 atom stereocenters. The second kappa shape index (κ2) is 10.2. The number of nitrogens with zero attached hydrogens (tertiary/aromatic N) is 1. The van der Waals surface area contributed by atoms with Gasteiger partial charge in [-0.3, -0.25) is 4.79 Å². The van der Waals surface area contributed by atoms with E-state index in [1.165, 1.54) is 4.88 Å². The van der Waals surface area contributed by atoms with Crippen LogP contribution in [0.15, 0.2) is 70.1 Å². The Hall–Kier alpha value is -2.86. The molecule has 0 saturated heterocycles. The standard InChI is InChI=1S/C27H22Cl2N2O2S/c28-18-10-12-20(22(29)14-18)23-13-11-19(33-23)16-31-27-25(21-8-4-5-9-24(21)34-27)26(32)30-15-17-6-2-1-3-7-17/h1-3,6-7,10-14,16H,4-5,8-9,15H2,(H,30,32)/b31-16-. The molecular formula is C27H22Cl2N2O2S. The van der Waals surface area contributed by atoms with E-state index in [1.54, 1.807) is 29.7 Å². The number of carbonyl (C=O) groups excluding carboxylic acids is 1. The van der Waals surface area contributed by atoms with Crippen molar-refractivity contribution in [3.63, 3.8) is 0 Å². The average molecular weight is 509 g/mol. The number of furan rings is 1. The highest BCUT2D eigenvalue weighted by Gasteiger charge is 2.25. The number of rotatable bonds is 6. The molecule has 4 nitrogen and oxygen atoms in total. The summed E-state index contributed by atoms with van der Waals surface area (Å²) in [6, 6.07) is 18.9. The van der Waals surface area contributed by atoms with Crippen LogP contribution >= 0.6 is 34.5 Å². The Balaban J connectivity index is 1.40. The minimum absolute atomic E-state index is 0.0801. The zero-order valence-electron chi connectivity index (χ0n) is 18.3. The van der Waals surface area contributed by atoms with Crippen LogP contribution < -0.4 is 5.32 Å². The fourth-order valence-corrected chi connectivity index (χ4v) is 5.85. The van der Waals surface area contributed by atoms with Crippen LogP contribution in [0.25, 0.3) is 11.3 Å². The van der Waals surface area contributed by atoms with E-state index in [9.17, 15) is 4.79 Å². The molecule has 7 heteroatoms. The first-order valence-corrected chi connectivity index (χ1v) is 12.7. The molecule has 34 heavy (non-hydrogen) atoms. The molecule has 0 bridgehead atoms. The van der Waals surface area contributed by atoms with Gasteiger partial charge in [-0.25, -0.2) is 4.99 Å². The summed E-state index contributed by atoms with van der Waals surface area (Å²) in [4.78, 5) is 19.2. The van der Waals surface area contributed by atoms with Gasteiger partial charge in [0.25, 0.3) is 5.91 Å². The average Bonchev–Trinajstić information content (AvgIpc) is 3.46. The Morgan fingerprint density at radius 2 is 1.88 bits per heavy atom. The van der Waals surface area contributed by atoms with Crippen LogP contribution in [0.4, 0.5) is 5.00 Å². The first-order chi connectivity index (χ1) is 16.6. The van der Waals surface area contributed by atoms with Gasteiger partial charge in [0.05, 0.1) is 16.8 Å². The fourth-order valence-electron chi connectivity index (χ4n) is 4.12. The van der Waals surface area contributed by atoms with Crippen LogP contribution in [-0.2, 0) is 19.4 Å². The number of thiophene rings is 1. The molecule has 1 aliphatic carbocycles. The van der Waals surface area contributed by atoms with Crippen molar-refractivity contribution in [1.82, 2.24) is 5.32 Å². The predicted octanol–water partition coefficient (Wildman–Crippen LogP) is 7.87. The molecule has 0 aliphatic heterocycles. The van der Waals surface area contributed by atoms with Gasteiger partial charge in [0.15, 0.2) is 0 Å². The molecule has 5 rings (SSSR count). The first kappa shape index (κ1) is 22.9. The Morgan fingerprint density at radius 1 is 1.06 bits per heavy atom. The number of amides is 1. The molecule has 0 fully saturated rings. The monoisotopic (exact) mass is 508 g/mol. The smallest absolute Gasteiger partial charge is 0.254 e. The van der Waals surface area contributed by atoms with Gasteiger partial charge in [-0.2, -0.15) is 0 Å². The Morgan fingerprint density at radius 3 is 2.71 bits per heavy atom. The second-order valence-electron chi connectivity index (χ2n) is 8.14. The topological polar surface area (TPSA) is 54.6 Å². The van der Waals surface area contributed by atoms with Crippen molar-refractivity contribution in [3.8, 4) is 11.3 Å². The number of fused-ring (bicyclic) bond motifs is 1. The van der Waals surface area contributed by atoms with Crippen molar-refractivity contribution in [2.75, 3.05) is 0 Å². The van der Waals surface area contributed by atoms with Crippen molar-refractivity contribution in [2.24, 2.45) is 4.99 Å². The number of hydrogen-bond donors (Lipinski definition) is 1. The maximum atomic E-state index is 13.2. The summed E-state index contributed by atoms with van der Waals surface area (Å²) in [5, 5.41) is 4.89. The van der Waals surface area contributed by atoms with Crippen LogP contribution in [0.5, 0.6) is 0 Å². The predicted molar refractivity (Wildman–Crippen MR) is 140 cm³/mol. The lowest BCUT2D eigenvalue weighted by Gasteiger charge is -2.12.